The molecule has 0 aromatic heterocycles. The molecule has 6 heteroatoms. The van der Waals surface area contributed by atoms with E-state index in [-0.39, 0.29) is 19.1 Å². The van der Waals surface area contributed by atoms with Crippen LogP contribution in [0.1, 0.15) is 25.3 Å². The molecule has 1 unspecified atom stereocenters. The second-order valence-corrected chi connectivity index (χ2v) is 6.09. The standard InChI is InChI=1S/C16H18BrNO4/c1-2-3-10(16(20)21)8-18-15(19)12-6-11-7-13(17)4-5-14(11)22-9-12/h4-7,10H,2-3,8-9H2,1H3,(H,18,19)(H,20,21). The van der Waals surface area contributed by atoms with Crippen molar-refractivity contribution in [3.05, 3.63) is 33.8 Å². The monoisotopic (exact) mass is 367 g/mol. The zero-order chi connectivity index (χ0) is 16.1. The Morgan fingerprint density at radius 2 is 2.23 bits per heavy atom. The van der Waals surface area contributed by atoms with E-state index in [0.717, 1.165) is 22.2 Å². The summed E-state index contributed by atoms with van der Waals surface area (Å²) in [7, 11) is 0. The van der Waals surface area contributed by atoms with E-state index < -0.39 is 11.9 Å². The zero-order valence-corrected chi connectivity index (χ0v) is 13.9. The van der Waals surface area contributed by atoms with Gasteiger partial charge in [0.1, 0.15) is 12.4 Å². The summed E-state index contributed by atoms with van der Waals surface area (Å²) in [5.41, 5.74) is 1.32. The van der Waals surface area contributed by atoms with Gasteiger partial charge in [-0.1, -0.05) is 29.3 Å². The largest absolute Gasteiger partial charge is 0.488 e. The number of carbonyl (C=O) groups is 2. The number of carboxylic acids is 1. The lowest BCUT2D eigenvalue weighted by Crippen LogP contribution is -2.35. The number of hydrogen-bond acceptors (Lipinski definition) is 3. The van der Waals surface area contributed by atoms with Crippen LogP contribution in [0.2, 0.25) is 0 Å². The Bertz CT molecular complexity index is 612. The number of benzene rings is 1. The van der Waals surface area contributed by atoms with E-state index in [1.54, 1.807) is 6.08 Å². The van der Waals surface area contributed by atoms with Gasteiger partial charge in [-0.25, -0.2) is 0 Å². The van der Waals surface area contributed by atoms with Crippen molar-refractivity contribution in [2.75, 3.05) is 13.2 Å². The zero-order valence-electron chi connectivity index (χ0n) is 12.3. The summed E-state index contributed by atoms with van der Waals surface area (Å²) >= 11 is 3.38. The van der Waals surface area contributed by atoms with Crippen molar-refractivity contribution in [2.45, 2.75) is 19.8 Å². The van der Waals surface area contributed by atoms with Gasteiger partial charge in [-0.15, -0.1) is 0 Å². The summed E-state index contributed by atoms with van der Waals surface area (Å²) in [5, 5.41) is 11.8. The van der Waals surface area contributed by atoms with Crippen molar-refractivity contribution in [2.24, 2.45) is 5.92 Å². The molecule has 0 saturated carbocycles. The summed E-state index contributed by atoms with van der Waals surface area (Å²) in [5.74, 6) is -0.993. The SMILES string of the molecule is CCCC(CNC(=O)C1=Cc2cc(Br)ccc2OC1)C(=O)O. The fraction of sp³-hybridized carbons (Fsp3) is 0.375. The number of halogens is 1. The molecule has 1 aromatic rings. The Kier molecular flexibility index (Phi) is 5.60. The molecule has 0 saturated heterocycles. The molecular formula is C16H18BrNO4. The third kappa shape index (κ3) is 4.10. The van der Waals surface area contributed by atoms with Crippen molar-refractivity contribution in [1.29, 1.82) is 0 Å². The molecule has 1 atom stereocenters. The van der Waals surface area contributed by atoms with Crippen LogP contribution >= 0.6 is 15.9 Å². The highest BCUT2D eigenvalue weighted by atomic mass is 79.9. The maximum absolute atomic E-state index is 12.2. The maximum Gasteiger partial charge on any atom is 0.308 e. The van der Waals surface area contributed by atoms with Crippen molar-refractivity contribution in [1.82, 2.24) is 5.32 Å². The Balaban J connectivity index is 2.03. The molecule has 1 aromatic carbocycles. The average Bonchev–Trinajstić information content (AvgIpc) is 2.50. The highest BCUT2D eigenvalue weighted by Crippen LogP contribution is 2.29. The third-order valence-corrected chi connectivity index (χ3v) is 3.97. The molecule has 0 bridgehead atoms. The maximum atomic E-state index is 12.2. The molecule has 1 heterocycles. The van der Waals surface area contributed by atoms with Crippen molar-refractivity contribution < 1.29 is 19.4 Å². The first kappa shape index (κ1) is 16.5. The first-order valence-corrected chi connectivity index (χ1v) is 7.94. The fourth-order valence-electron chi connectivity index (χ4n) is 2.27. The van der Waals surface area contributed by atoms with E-state index in [9.17, 15) is 9.59 Å². The highest BCUT2D eigenvalue weighted by Gasteiger charge is 2.21. The van der Waals surface area contributed by atoms with E-state index in [1.807, 2.05) is 25.1 Å². The summed E-state index contributed by atoms with van der Waals surface area (Å²) in [6.07, 6.45) is 3.08. The number of carboxylic acid groups (broad SMARTS) is 1. The molecule has 1 aliphatic rings. The van der Waals surface area contributed by atoms with Crippen molar-refractivity contribution in [3.8, 4) is 5.75 Å². The molecule has 118 valence electrons. The van der Waals surface area contributed by atoms with Crippen molar-refractivity contribution >= 4 is 33.9 Å². The Labute approximate surface area is 137 Å². The van der Waals surface area contributed by atoms with Crippen molar-refractivity contribution in [3.63, 3.8) is 0 Å². The van der Waals surface area contributed by atoms with Crippen LogP contribution in [0.3, 0.4) is 0 Å². The number of aliphatic carboxylic acids is 1. The lowest BCUT2D eigenvalue weighted by molar-refractivity contribution is -0.141. The quantitative estimate of drug-likeness (QED) is 0.810. The second kappa shape index (κ2) is 7.45. The molecule has 0 radical (unpaired) electrons. The van der Waals surface area contributed by atoms with Gasteiger partial charge in [0.25, 0.3) is 5.91 Å². The predicted octanol–water partition coefficient (Wildman–Crippen LogP) is 2.84. The third-order valence-electron chi connectivity index (χ3n) is 3.47. The van der Waals surface area contributed by atoms with E-state index in [1.165, 1.54) is 0 Å². The number of hydrogen-bond donors (Lipinski definition) is 2. The number of carbonyl (C=O) groups excluding carboxylic acids is 1. The summed E-state index contributed by atoms with van der Waals surface area (Å²) in [4.78, 5) is 23.2. The molecule has 0 fully saturated rings. The molecule has 2 rings (SSSR count). The predicted molar refractivity (Wildman–Crippen MR) is 86.7 cm³/mol. The van der Waals surface area contributed by atoms with Crippen LogP contribution in [0.15, 0.2) is 28.2 Å². The van der Waals surface area contributed by atoms with Crippen LogP contribution < -0.4 is 10.1 Å². The van der Waals surface area contributed by atoms with Crippen LogP contribution in [-0.4, -0.2) is 30.1 Å². The van der Waals surface area contributed by atoms with Crippen LogP contribution in [0.5, 0.6) is 5.75 Å². The Morgan fingerprint density at radius 3 is 2.91 bits per heavy atom. The topological polar surface area (TPSA) is 75.6 Å². The van der Waals surface area contributed by atoms with Gasteiger partial charge in [0.05, 0.1) is 11.5 Å². The molecule has 1 aliphatic heterocycles. The minimum atomic E-state index is -0.884. The number of ether oxygens (including phenoxy) is 1. The number of nitrogens with one attached hydrogen (secondary N) is 1. The first-order valence-electron chi connectivity index (χ1n) is 7.15. The molecule has 5 nitrogen and oxygen atoms in total. The summed E-state index contributed by atoms with van der Waals surface area (Å²) < 4.78 is 6.45. The van der Waals surface area contributed by atoms with Crippen LogP contribution in [-0.2, 0) is 9.59 Å². The lowest BCUT2D eigenvalue weighted by atomic mass is 10.0. The summed E-state index contributed by atoms with van der Waals surface area (Å²) in [6, 6.07) is 5.59. The summed E-state index contributed by atoms with van der Waals surface area (Å²) in [6.45, 7) is 2.24. The van der Waals surface area contributed by atoms with E-state index in [2.05, 4.69) is 21.2 Å². The van der Waals surface area contributed by atoms with Gasteiger partial charge in [-0.05, 0) is 30.7 Å². The number of rotatable bonds is 6. The molecule has 1 amide bonds. The molecule has 0 spiro atoms. The van der Waals surface area contributed by atoms with Crippen LogP contribution in [0.25, 0.3) is 6.08 Å². The van der Waals surface area contributed by atoms with Gasteiger partial charge < -0.3 is 15.2 Å². The minimum Gasteiger partial charge on any atom is -0.488 e. The van der Waals surface area contributed by atoms with Gasteiger partial charge in [0, 0.05) is 16.6 Å². The van der Waals surface area contributed by atoms with E-state index in [4.69, 9.17) is 9.84 Å². The minimum absolute atomic E-state index is 0.130. The Hall–Kier alpha value is -1.82. The van der Waals surface area contributed by atoms with Gasteiger partial charge in [-0.2, -0.15) is 0 Å². The molecule has 2 N–H and O–H groups in total. The average molecular weight is 368 g/mol. The lowest BCUT2D eigenvalue weighted by Gasteiger charge is -2.19. The molecule has 22 heavy (non-hydrogen) atoms. The number of amides is 1. The fourth-order valence-corrected chi connectivity index (χ4v) is 2.65. The van der Waals surface area contributed by atoms with Gasteiger partial charge in [0.15, 0.2) is 0 Å². The Morgan fingerprint density at radius 1 is 1.45 bits per heavy atom. The van der Waals surface area contributed by atoms with E-state index >= 15 is 0 Å². The molecule has 0 aliphatic carbocycles. The normalized spacial score (nSPS) is 14.4. The number of fused-ring (bicyclic) bond motifs is 1. The van der Waals surface area contributed by atoms with Gasteiger partial charge >= 0.3 is 5.97 Å². The molecular weight excluding hydrogens is 350 g/mol. The van der Waals surface area contributed by atoms with Crippen LogP contribution in [0, 0.1) is 5.92 Å². The van der Waals surface area contributed by atoms with Gasteiger partial charge in [-0.3, -0.25) is 9.59 Å². The van der Waals surface area contributed by atoms with Gasteiger partial charge in [0.2, 0.25) is 0 Å². The second-order valence-electron chi connectivity index (χ2n) is 5.17. The smallest absolute Gasteiger partial charge is 0.308 e. The van der Waals surface area contributed by atoms with E-state index in [0.29, 0.717) is 12.0 Å². The first-order chi connectivity index (χ1) is 10.5. The van der Waals surface area contributed by atoms with Crippen LogP contribution in [0.4, 0.5) is 0 Å². The highest BCUT2D eigenvalue weighted by molar-refractivity contribution is 9.10.